The van der Waals surface area contributed by atoms with E-state index in [0.29, 0.717) is 26.3 Å². The number of para-hydroxylation sites is 1. The third-order valence-corrected chi connectivity index (χ3v) is 3.55. The van der Waals surface area contributed by atoms with E-state index in [1.54, 1.807) is 4.90 Å². The van der Waals surface area contributed by atoms with Crippen LogP contribution in [0.2, 0.25) is 0 Å². The van der Waals surface area contributed by atoms with Crippen LogP contribution in [0.1, 0.15) is 0 Å². The molecule has 0 unspecified atom stereocenters. The first-order valence-electron chi connectivity index (χ1n) is 6.57. The number of ether oxygens (including phenoxy) is 2. The van der Waals surface area contributed by atoms with E-state index in [1.807, 2.05) is 30.3 Å². The Morgan fingerprint density at radius 2 is 2.11 bits per heavy atom. The summed E-state index contributed by atoms with van der Waals surface area (Å²) in [6, 6.07) is 9.71. The SMILES string of the molecule is O=C1CO[C@@]2(CNCCOC2)CN1c1ccccc1. The number of amides is 1. The molecule has 1 spiro atoms. The molecule has 1 amide bonds. The monoisotopic (exact) mass is 262 g/mol. The molecule has 0 aromatic heterocycles. The van der Waals surface area contributed by atoms with E-state index in [1.165, 1.54) is 0 Å². The van der Waals surface area contributed by atoms with Gasteiger partial charge in [-0.3, -0.25) is 4.79 Å². The molecule has 3 rings (SSSR count). The largest absolute Gasteiger partial charge is 0.377 e. The molecule has 2 fully saturated rings. The Morgan fingerprint density at radius 1 is 1.26 bits per heavy atom. The normalized spacial score (nSPS) is 28.4. The van der Waals surface area contributed by atoms with E-state index in [-0.39, 0.29) is 12.5 Å². The maximum atomic E-state index is 12.0. The number of carbonyl (C=O) groups excluding carboxylic acids is 1. The molecule has 0 saturated carbocycles. The highest BCUT2D eigenvalue weighted by Gasteiger charge is 2.41. The van der Waals surface area contributed by atoms with E-state index >= 15 is 0 Å². The van der Waals surface area contributed by atoms with Gasteiger partial charge in [0.05, 0.1) is 19.8 Å². The quantitative estimate of drug-likeness (QED) is 0.796. The van der Waals surface area contributed by atoms with Crippen LogP contribution in [0.4, 0.5) is 5.69 Å². The van der Waals surface area contributed by atoms with Gasteiger partial charge in [-0.15, -0.1) is 0 Å². The summed E-state index contributed by atoms with van der Waals surface area (Å²) in [4.78, 5) is 13.8. The lowest BCUT2D eigenvalue weighted by molar-refractivity contribution is -0.144. The van der Waals surface area contributed by atoms with Crippen molar-refractivity contribution in [2.75, 3.05) is 44.4 Å². The fourth-order valence-electron chi connectivity index (χ4n) is 2.52. The Kier molecular flexibility index (Phi) is 3.50. The van der Waals surface area contributed by atoms with E-state index in [2.05, 4.69) is 5.32 Å². The Morgan fingerprint density at radius 3 is 2.95 bits per heavy atom. The van der Waals surface area contributed by atoms with Crippen molar-refractivity contribution in [3.8, 4) is 0 Å². The first-order chi connectivity index (χ1) is 9.29. The second-order valence-corrected chi connectivity index (χ2v) is 5.02. The van der Waals surface area contributed by atoms with Gasteiger partial charge in [0.15, 0.2) is 0 Å². The Bertz CT molecular complexity index is 441. The average Bonchev–Trinajstić information content (AvgIpc) is 2.69. The number of nitrogens with zero attached hydrogens (tertiary/aromatic N) is 1. The van der Waals surface area contributed by atoms with Crippen LogP contribution in [0.3, 0.4) is 0 Å². The van der Waals surface area contributed by atoms with Crippen molar-refractivity contribution < 1.29 is 14.3 Å². The molecule has 2 aliphatic rings. The van der Waals surface area contributed by atoms with Gasteiger partial charge < -0.3 is 19.7 Å². The summed E-state index contributed by atoms with van der Waals surface area (Å²) in [5.41, 5.74) is 0.486. The zero-order valence-corrected chi connectivity index (χ0v) is 10.8. The maximum absolute atomic E-state index is 12.0. The van der Waals surface area contributed by atoms with E-state index in [0.717, 1.165) is 12.2 Å². The molecular formula is C14H18N2O3. The highest BCUT2D eigenvalue weighted by Crippen LogP contribution is 2.25. The lowest BCUT2D eigenvalue weighted by Crippen LogP contribution is -2.60. The first-order valence-corrected chi connectivity index (χ1v) is 6.57. The summed E-state index contributed by atoms with van der Waals surface area (Å²) in [5.74, 6) is 0.000993. The Labute approximate surface area is 112 Å². The minimum atomic E-state index is -0.430. The summed E-state index contributed by atoms with van der Waals surface area (Å²) in [6.07, 6.45) is 0. The molecule has 1 atom stereocenters. The lowest BCUT2D eigenvalue weighted by atomic mass is 10.0. The standard InChI is InChI=1S/C14H18N2O3/c17-13-8-19-14(9-15-6-7-18-11-14)10-16(13)12-4-2-1-3-5-12/h1-5,15H,6-11H2/t14-/m0/s1. The van der Waals surface area contributed by atoms with Gasteiger partial charge in [0, 0.05) is 18.8 Å². The van der Waals surface area contributed by atoms with Gasteiger partial charge in [-0.2, -0.15) is 0 Å². The van der Waals surface area contributed by atoms with Crippen LogP contribution in [0, 0.1) is 0 Å². The molecule has 2 saturated heterocycles. The molecule has 0 aliphatic carbocycles. The van der Waals surface area contributed by atoms with Gasteiger partial charge in [-0.05, 0) is 12.1 Å². The van der Waals surface area contributed by atoms with Crippen molar-refractivity contribution in [1.29, 1.82) is 0 Å². The van der Waals surface area contributed by atoms with E-state index < -0.39 is 5.60 Å². The fraction of sp³-hybridized carbons (Fsp3) is 0.500. The summed E-state index contributed by atoms with van der Waals surface area (Å²) in [6.45, 7) is 3.39. The summed E-state index contributed by atoms with van der Waals surface area (Å²) >= 11 is 0. The maximum Gasteiger partial charge on any atom is 0.253 e. The second-order valence-electron chi connectivity index (χ2n) is 5.02. The number of nitrogens with one attached hydrogen (secondary N) is 1. The first kappa shape index (κ1) is 12.6. The topological polar surface area (TPSA) is 50.8 Å². The predicted molar refractivity (Wildman–Crippen MR) is 71.2 cm³/mol. The molecule has 2 heterocycles. The molecule has 102 valence electrons. The van der Waals surface area contributed by atoms with Crippen LogP contribution in [-0.4, -0.2) is 51.0 Å². The third kappa shape index (κ3) is 2.63. The summed E-state index contributed by atoms with van der Waals surface area (Å²) < 4.78 is 11.4. The van der Waals surface area contributed by atoms with Gasteiger partial charge in [0.1, 0.15) is 12.2 Å². The molecule has 1 N–H and O–H groups in total. The second kappa shape index (κ2) is 5.28. The van der Waals surface area contributed by atoms with Crippen molar-refractivity contribution >= 4 is 11.6 Å². The van der Waals surface area contributed by atoms with Gasteiger partial charge in [0.2, 0.25) is 0 Å². The molecule has 0 radical (unpaired) electrons. The molecule has 1 aromatic carbocycles. The number of benzene rings is 1. The van der Waals surface area contributed by atoms with Crippen LogP contribution in [-0.2, 0) is 14.3 Å². The Hall–Kier alpha value is -1.43. The number of carbonyl (C=O) groups is 1. The molecule has 5 nitrogen and oxygen atoms in total. The number of hydrogen-bond donors (Lipinski definition) is 1. The zero-order valence-electron chi connectivity index (χ0n) is 10.8. The zero-order chi connectivity index (χ0) is 13.1. The Balaban J connectivity index is 1.82. The smallest absolute Gasteiger partial charge is 0.253 e. The molecule has 5 heteroatoms. The van der Waals surface area contributed by atoms with Crippen LogP contribution in [0.25, 0.3) is 0 Å². The highest BCUT2D eigenvalue weighted by molar-refractivity contribution is 5.95. The number of anilines is 1. The molecule has 1 aromatic rings. The predicted octanol–water partition coefficient (Wildman–Crippen LogP) is 0.408. The van der Waals surface area contributed by atoms with E-state index in [9.17, 15) is 4.79 Å². The fourth-order valence-corrected chi connectivity index (χ4v) is 2.52. The van der Waals surface area contributed by atoms with Crippen molar-refractivity contribution in [2.24, 2.45) is 0 Å². The van der Waals surface area contributed by atoms with Crippen LogP contribution in [0.5, 0.6) is 0 Å². The van der Waals surface area contributed by atoms with Gasteiger partial charge >= 0.3 is 0 Å². The molecular weight excluding hydrogens is 244 g/mol. The van der Waals surface area contributed by atoms with Gasteiger partial charge in [0.25, 0.3) is 5.91 Å². The van der Waals surface area contributed by atoms with E-state index in [4.69, 9.17) is 9.47 Å². The molecule has 19 heavy (non-hydrogen) atoms. The average molecular weight is 262 g/mol. The van der Waals surface area contributed by atoms with Crippen molar-refractivity contribution in [3.05, 3.63) is 30.3 Å². The molecule has 2 aliphatic heterocycles. The molecule has 0 bridgehead atoms. The number of hydrogen-bond acceptors (Lipinski definition) is 4. The van der Waals surface area contributed by atoms with Crippen molar-refractivity contribution in [1.82, 2.24) is 5.32 Å². The van der Waals surface area contributed by atoms with Gasteiger partial charge in [-0.1, -0.05) is 18.2 Å². The highest BCUT2D eigenvalue weighted by atomic mass is 16.5. The van der Waals surface area contributed by atoms with Crippen LogP contribution >= 0.6 is 0 Å². The third-order valence-electron chi connectivity index (χ3n) is 3.55. The summed E-state index contributed by atoms with van der Waals surface area (Å²) in [7, 11) is 0. The lowest BCUT2D eigenvalue weighted by Gasteiger charge is -2.41. The van der Waals surface area contributed by atoms with Gasteiger partial charge in [-0.25, -0.2) is 0 Å². The number of rotatable bonds is 1. The number of morpholine rings is 1. The van der Waals surface area contributed by atoms with Crippen molar-refractivity contribution in [3.63, 3.8) is 0 Å². The van der Waals surface area contributed by atoms with Crippen LogP contribution in [0.15, 0.2) is 30.3 Å². The van der Waals surface area contributed by atoms with Crippen molar-refractivity contribution in [2.45, 2.75) is 5.60 Å². The summed E-state index contributed by atoms with van der Waals surface area (Å²) in [5, 5.41) is 3.31. The minimum Gasteiger partial charge on any atom is -0.377 e. The van der Waals surface area contributed by atoms with Crippen LogP contribution < -0.4 is 10.2 Å². The minimum absolute atomic E-state index is 0.000993.